The molecule has 0 fully saturated rings. The minimum Gasteiger partial charge on any atom is -0.265 e. The van der Waals surface area contributed by atoms with Crippen LogP contribution in [0.15, 0.2) is 48.0 Å². The summed E-state index contributed by atoms with van der Waals surface area (Å²) in [5.41, 5.74) is 7.19. The first kappa shape index (κ1) is 14.5. The van der Waals surface area contributed by atoms with Crippen molar-refractivity contribution < 1.29 is 4.92 Å². The predicted octanol–water partition coefficient (Wildman–Crippen LogP) is 4.30. The van der Waals surface area contributed by atoms with Crippen LogP contribution in [0.3, 0.4) is 0 Å². The lowest BCUT2D eigenvalue weighted by molar-refractivity contribution is -0.482. The number of aryl methyl sites for hydroxylation is 2. The van der Waals surface area contributed by atoms with Gasteiger partial charge < -0.3 is 0 Å². The lowest BCUT2D eigenvalue weighted by atomic mass is 9.90. The maximum atomic E-state index is 11.1. The standard InChI is InChI=1S/C19H19NO2/c1-13-8-16-10-18(11-17(16)9-14(13)2)19(12-20(21)22)15-6-4-3-5-7-15/h3-10,19H,11-12H2,1-2H3. The average molecular weight is 293 g/mol. The number of nitro groups is 1. The van der Waals surface area contributed by atoms with E-state index in [9.17, 15) is 10.1 Å². The van der Waals surface area contributed by atoms with Crippen LogP contribution in [0, 0.1) is 24.0 Å². The van der Waals surface area contributed by atoms with Crippen LogP contribution in [-0.4, -0.2) is 11.5 Å². The average Bonchev–Trinajstić information content (AvgIpc) is 2.88. The number of hydrogen-bond donors (Lipinski definition) is 0. The van der Waals surface area contributed by atoms with E-state index in [0.29, 0.717) is 0 Å². The van der Waals surface area contributed by atoms with E-state index in [4.69, 9.17) is 0 Å². The third kappa shape index (κ3) is 2.80. The molecular formula is C19H19NO2. The Balaban J connectivity index is 1.97. The van der Waals surface area contributed by atoms with Gasteiger partial charge in [0.25, 0.3) is 0 Å². The molecule has 2 aromatic carbocycles. The van der Waals surface area contributed by atoms with Gasteiger partial charge in [-0.1, -0.05) is 54.1 Å². The number of benzene rings is 2. The summed E-state index contributed by atoms with van der Waals surface area (Å²) in [6.45, 7) is 4.16. The van der Waals surface area contributed by atoms with Crippen LogP contribution in [0.25, 0.3) is 6.08 Å². The molecule has 0 amide bonds. The van der Waals surface area contributed by atoms with Gasteiger partial charge in [0.15, 0.2) is 0 Å². The fourth-order valence-corrected chi connectivity index (χ4v) is 3.15. The molecule has 22 heavy (non-hydrogen) atoms. The Hall–Kier alpha value is -2.42. The Labute approximate surface area is 130 Å². The summed E-state index contributed by atoms with van der Waals surface area (Å²) < 4.78 is 0. The highest BCUT2D eigenvalue weighted by Crippen LogP contribution is 2.36. The second-order valence-electron chi connectivity index (χ2n) is 6.01. The Bertz CT molecular complexity index is 748. The largest absolute Gasteiger partial charge is 0.265 e. The van der Waals surface area contributed by atoms with Crippen molar-refractivity contribution >= 4 is 6.08 Å². The van der Waals surface area contributed by atoms with Crippen molar-refractivity contribution in [2.75, 3.05) is 6.54 Å². The Morgan fingerprint density at radius 3 is 2.50 bits per heavy atom. The van der Waals surface area contributed by atoms with Crippen LogP contribution in [0.1, 0.15) is 33.7 Å². The van der Waals surface area contributed by atoms with Gasteiger partial charge in [-0.3, -0.25) is 10.1 Å². The third-order valence-electron chi connectivity index (χ3n) is 4.47. The molecule has 0 heterocycles. The van der Waals surface area contributed by atoms with Crippen LogP contribution in [0.4, 0.5) is 0 Å². The maximum Gasteiger partial charge on any atom is 0.214 e. The molecule has 112 valence electrons. The quantitative estimate of drug-likeness (QED) is 0.623. The van der Waals surface area contributed by atoms with Gasteiger partial charge >= 0.3 is 0 Å². The summed E-state index contributed by atoms with van der Waals surface area (Å²) in [7, 11) is 0. The first-order chi connectivity index (χ1) is 10.5. The van der Waals surface area contributed by atoms with E-state index in [1.807, 2.05) is 30.3 Å². The first-order valence-corrected chi connectivity index (χ1v) is 7.52. The molecule has 0 spiro atoms. The monoisotopic (exact) mass is 293 g/mol. The van der Waals surface area contributed by atoms with Crippen LogP contribution in [0.2, 0.25) is 0 Å². The zero-order valence-electron chi connectivity index (χ0n) is 12.9. The van der Waals surface area contributed by atoms with E-state index < -0.39 is 0 Å². The molecule has 0 saturated carbocycles. The highest BCUT2D eigenvalue weighted by molar-refractivity contribution is 5.67. The van der Waals surface area contributed by atoms with Crippen molar-refractivity contribution in [2.24, 2.45) is 0 Å². The molecule has 3 rings (SSSR count). The third-order valence-corrected chi connectivity index (χ3v) is 4.47. The summed E-state index contributed by atoms with van der Waals surface area (Å²) in [4.78, 5) is 10.9. The van der Waals surface area contributed by atoms with Gasteiger partial charge in [-0.05, 0) is 48.1 Å². The highest BCUT2D eigenvalue weighted by atomic mass is 16.6. The second-order valence-corrected chi connectivity index (χ2v) is 6.01. The fraction of sp³-hybridized carbons (Fsp3) is 0.263. The molecule has 1 aliphatic rings. The molecule has 0 N–H and O–H groups in total. The van der Waals surface area contributed by atoms with Crippen LogP contribution < -0.4 is 0 Å². The van der Waals surface area contributed by atoms with Gasteiger partial charge in [0, 0.05) is 4.92 Å². The van der Waals surface area contributed by atoms with Gasteiger partial charge in [-0.25, -0.2) is 0 Å². The SMILES string of the molecule is Cc1cc2c(cc1C)CC(C(C[N+](=O)[O-])c1ccccc1)=C2. The Kier molecular flexibility index (Phi) is 3.80. The molecule has 0 radical (unpaired) electrons. The van der Waals surface area contributed by atoms with Crippen molar-refractivity contribution in [3.05, 3.63) is 86.0 Å². The molecule has 0 aliphatic heterocycles. The van der Waals surface area contributed by atoms with E-state index in [2.05, 4.69) is 32.1 Å². The minimum absolute atomic E-state index is 0.0538. The van der Waals surface area contributed by atoms with Crippen LogP contribution >= 0.6 is 0 Å². The van der Waals surface area contributed by atoms with E-state index in [1.54, 1.807) is 0 Å². The molecular weight excluding hydrogens is 274 g/mol. The van der Waals surface area contributed by atoms with Crippen molar-refractivity contribution in [1.29, 1.82) is 0 Å². The summed E-state index contributed by atoms with van der Waals surface area (Å²) in [5.74, 6) is -0.149. The van der Waals surface area contributed by atoms with E-state index in [1.165, 1.54) is 22.3 Å². The summed E-state index contributed by atoms with van der Waals surface area (Å²) in [5, 5.41) is 11.1. The maximum absolute atomic E-state index is 11.1. The van der Waals surface area contributed by atoms with Crippen molar-refractivity contribution in [2.45, 2.75) is 26.2 Å². The first-order valence-electron chi connectivity index (χ1n) is 7.52. The fourth-order valence-electron chi connectivity index (χ4n) is 3.15. The van der Waals surface area contributed by atoms with Crippen molar-refractivity contribution in [1.82, 2.24) is 0 Å². The van der Waals surface area contributed by atoms with Gasteiger partial charge in [0.2, 0.25) is 6.54 Å². The van der Waals surface area contributed by atoms with E-state index in [-0.39, 0.29) is 17.4 Å². The molecule has 1 atom stereocenters. The minimum atomic E-state index is -0.210. The van der Waals surface area contributed by atoms with E-state index in [0.717, 1.165) is 17.6 Å². The number of hydrogen-bond acceptors (Lipinski definition) is 2. The molecule has 0 saturated heterocycles. The molecule has 0 aromatic heterocycles. The summed E-state index contributed by atoms with van der Waals surface area (Å²) in [6, 6.07) is 14.2. The second kappa shape index (κ2) is 5.76. The van der Waals surface area contributed by atoms with Gasteiger partial charge in [-0.2, -0.15) is 0 Å². The smallest absolute Gasteiger partial charge is 0.214 e. The molecule has 1 aliphatic carbocycles. The highest BCUT2D eigenvalue weighted by Gasteiger charge is 2.26. The van der Waals surface area contributed by atoms with Crippen molar-refractivity contribution in [3.8, 4) is 0 Å². The number of rotatable bonds is 4. The molecule has 0 bridgehead atoms. The lowest BCUT2D eigenvalue weighted by Gasteiger charge is -2.14. The molecule has 2 aromatic rings. The normalized spacial score (nSPS) is 14.4. The number of nitrogens with zero attached hydrogens (tertiary/aromatic N) is 1. The van der Waals surface area contributed by atoms with E-state index >= 15 is 0 Å². The van der Waals surface area contributed by atoms with Crippen molar-refractivity contribution in [3.63, 3.8) is 0 Å². The Morgan fingerprint density at radius 2 is 1.82 bits per heavy atom. The summed E-state index contributed by atoms with van der Waals surface area (Å²) >= 11 is 0. The van der Waals surface area contributed by atoms with Crippen LogP contribution in [0.5, 0.6) is 0 Å². The molecule has 3 heteroatoms. The molecule has 1 unspecified atom stereocenters. The Morgan fingerprint density at radius 1 is 1.14 bits per heavy atom. The van der Waals surface area contributed by atoms with Crippen LogP contribution in [-0.2, 0) is 6.42 Å². The van der Waals surface area contributed by atoms with Gasteiger partial charge in [0.1, 0.15) is 0 Å². The summed E-state index contributed by atoms with van der Waals surface area (Å²) in [6.07, 6.45) is 2.95. The molecule has 3 nitrogen and oxygen atoms in total. The number of fused-ring (bicyclic) bond motifs is 1. The van der Waals surface area contributed by atoms with Gasteiger partial charge in [0.05, 0.1) is 5.92 Å². The topological polar surface area (TPSA) is 43.1 Å². The van der Waals surface area contributed by atoms with Gasteiger partial charge in [-0.15, -0.1) is 0 Å². The zero-order chi connectivity index (χ0) is 15.7. The lowest BCUT2D eigenvalue weighted by Crippen LogP contribution is -2.15. The predicted molar refractivity (Wildman–Crippen MR) is 88.6 cm³/mol. The zero-order valence-corrected chi connectivity index (χ0v) is 12.9.